The van der Waals surface area contributed by atoms with Gasteiger partial charge in [-0.3, -0.25) is 4.90 Å². The second-order valence-corrected chi connectivity index (χ2v) is 29.9. The number of fused-ring (bicyclic) bond motifs is 20. The van der Waals surface area contributed by atoms with E-state index in [9.17, 15) is 0 Å². The first kappa shape index (κ1) is 62.6. The smallest absolute Gasteiger partial charge is 0.0714 e. The number of benzene rings is 1. The highest BCUT2D eigenvalue weighted by Gasteiger charge is 2.34. The number of hydrogen-bond acceptors (Lipinski definition) is 14. The first-order valence-electron chi connectivity index (χ1n) is 36.3. The van der Waals surface area contributed by atoms with Gasteiger partial charge < -0.3 is 67.5 Å². The van der Waals surface area contributed by atoms with E-state index in [1.165, 1.54) is 245 Å². The molecule has 3 saturated carbocycles. The summed E-state index contributed by atoms with van der Waals surface area (Å²) in [5.74, 6) is 6.13. The average Bonchev–Trinajstić information content (AvgIpc) is 4.26. The second-order valence-electron chi connectivity index (χ2n) is 29.9. The topological polar surface area (TPSA) is 145 Å². The van der Waals surface area contributed by atoms with E-state index in [2.05, 4.69) is 99.4 Å². The molecule has 1 aromatic carbocycles. The predicted octanol–water partition coefficient (Wildman–Crippen LogP) is 7.33. The van der Waals surface area contributed by atoms with Crippen molar-refractivity contribution >= 4 is 0 Å². The molecule has 15 saturated heterocycles. The van der Waals surface area contributed by atoms with Gasteiger partial charge in [0.15, 0.2) is 0 Å². The summed E-state index contributed by atoms with van der Waals surface area (Å²) in [6.45, 7) is 21.9. The Hall–Kier alpha value is -1.60. The lowest BCUT2D eigenvalue weighted by Gasteiger charge is -2.39. The van der Waals surface area contributed by atoms with Crippen molar-refractivity contribution in [3.8, 4) is 0 Å². The van der Waals surface area contributed by atoms with Gasteiger partial charge in [0.25, 0.3) is 0 Å². The van der Waals surface area contributed by atoms with Crippen molar-refractivity contribution in [2.75, 3.05) is 118 Å². The lowest BCUT2D eigenvalue weighted by Crippen LogP contribution is -2.49. The number of morpholine rings is 2. The fourth-order valence-electron chi connectivity index (χ4n) is 18.5. The third kappa shape index (κ3) is 19.2. The SMILES string of the molecule is C1=CC2CNCC1N2.C1CC2CCC(C1)N2.C1CC2CCC(C2)N1.C1CC2CCN(C1)C2.C1CC2CNC(C1)C2.C1CC2CNCC1C2.C1CC2CNCC1N2.C1CC2CNCC1O2.C1CN2CCC(C2)O1.c1ccc2c(c1)C1CCC2NC1. The number of nitrogens with zero attached hydrogens (tertiary/aromatic N) is 2. The maximum Gasteiger partial charge on any atom is 0.0714 e. The van der Waals surface area contributed by atoms with Crippen LogP contribution in [0.25, 0.3) is 0 Å². The quantitative estimate of drug-likeness (QED) is 0.119. The van der Waals surface area contributed by atoms with E-state index in [0.717, 1.165) is 111 Å². The van der Waals surface area contributed by atoms with E-state index in [0.29, 0.717) is 36.4 Å². The van der Waals surface area contributed by atoms with Crippen LogP contribution in [0.4, 0.5) is 0 Å². The van der Waals surface area contributed by atoms with Crippen LogP contribution in [0.2, 0.25) is 0 Å². The zero-order valence-electron chi connectivity index (χ0n) is 52.7. The number of piperazine rings is 2. The molecular formula is C70H122N12O2. The number of piperidine rings is 5. The molecule has 14 heteroatoms. The summed E-state index contributed by atoms with van der Waals surface area (Å²) in [6, 6.07) is 16.0. The maximum atomic E-state index is 5.53. The minimum atomic E-state index is 0.550. The lowest BCUT2D eigenvalue weighted by atomic mass is 9.76. The van der Waals surface area contributed by atoms with Gasteiger partial charge in [-0.2, -0.15) is 0 Å². The molecule has 20 unspecified atom stereocenters. The van der Waals surface area contributed by atoms with Gasteiger partial charge in [-0.1, -0.05) is 49.3 Å². The minimum absolute atomic E-state index is 0.550. The van der Waals surface area contributed by atoms with Gasteiger partial charge in [0.05, 0.1) is 24.9 Å². The Morgan fingerprint density at radius 2 is 0.988 bits per heavy atom. The van der Waals surface area contributed by atoms with Gasteiger partial charge in [-0.25, -0.2) is 0 Å². The van der Waals surface area contributed by atoms with Crippen molar-refractivity contribution in [3.05, 3.63) is 47.5 Å². The van der Waals surface area contributed by atoms with Crippen LogP contribution < -0.4 is 53.2 Å². The third-order valence-electron chi connectivity index (χ3n) is 23.4. The Morgan fingerprint density at radius 3 is 1.61 bits per heavy atom. The molecule has 18 fully saturated rings. The van der Waals surface area contributed by atoms with Crippen molar-refractivity contribution in [3.63, 3.8) is 0 Å². The fraction of sp³-hybridized carbons (Fsp3) is 0.886. The normalized spacial score (nSPS) is 42.9. The molecule has 14 nitrogen and oxygen atoms in total. The van der Waals surface area contributed by atoms with Crippen LogP contribution in [0, 0.1) is 29.6 Å². The van der Waals surface area contributed by atoms with Gasteiger partial charge >= 0.3 is 0 Å². The molecule has 10 N–H and O–H groups in total. The fourth-order valence-corrected chi connectivity index (χ4v) is 18.5. The Kier molecular flexibility index (Phi) is 24.5. The molecule has 22 rings (SSSR count). The summed E-state index contributed by atoms with van der Waals surface area (Å²) in [4.78, 5) is 5.06. The highest BCUT2D eigenvalue weighted by atomic mass is 16.5. The van der Waals surface area contributed by atoms with E-state index in [1.807, 2.05) is 0 Å². The molecule has 0 radical (unpaired) electrons. The highest BCUT2D eigenvalue weighted by molar-refractivity contribution is 5.37. The molecule has 1 aromatic rings. The van der Waals surface area contributed by atoms with Gasteiger partial charge in [-0.05, 0) is 240 Å². The number of rotatable bonds is 0. The summed E-state index contributed by atoms with van der Waals surface area (Å²) in [7, 11) is 0. The summed E-state index contributed by atoms with van der Waals surface area (Å²) in [5, 5.41) is 34.6. The molecule has 0 spiro atoms. The molecule has 4 aliphatic carbocycles. The van der Waals surface area contributed by atoms with Gasteiger partial charge in [0, 0.05) is 126 Å². The number of nitrogens with one attached hydrogen (secondary N) is 10. The molecule has 84 heavy (non-hydrogen) atoms. The number of ether oxygens (including phenoxy) is 2. The lowest BCUT2D eigenvalue weighted by molar-refractivity contribution is 0.0182. The third-order valence-corrected chi connectivity index (χ3v) is 23.4. The van der Waals surface area contributed by atoms with Crippen LogP contribution in [0.5, 0.6) is 0 Å². The van der Waals surface area contributed by atoms with Crippen LogP contribution >= 0.6 is 0 Å². The molecule has 0 amide bonds. The van der Waals surface area contributed by atoms with Crippen molar-refractivity contribution in [2.45, 2.75) is 246 Å². The van der Waals surface area contributed by atoms with Crippen molar-refractivity contribution in [1.82, 2.24) is 63.0 Å². The van der Waals surface area contributed by atoms with E-state index in [1.54, 1.807) is 11.1 Å². The summed E-state index contributed by atoms with van der Waals surface area (Å²) in [5.41, 5.74) is 3.16. The van der Waals surface area contributed by atoms with Crippen molar-refractivity contribution in [1.29, 1.82) is 0 Å². The highest BCUT2D eigenvalue weighted by Crippen LogP contribution is 2.41. The molecule has 20 bridgehead atoms. The van der Waals surface area contributed by atoms with E-state index >= 15 is 0 Å². The van der Waals surface area contributed by atoms with Crippen LogP contribution in [0.15, 0.2) is 36.4 Å². The van der Waals surface area contributed by atoms with Crippen LogP contribution in [0.3, 0.4) is 0 Å². The summed E-state index contributed by atoms with van der Waals surface area (Å²) in [6.07, 6.45) is 43.4. The molecular weight excluding hydrogens is 1040 g/mol. The molecule has 474 valence electrons. The minimum Gasteiger partial charge on any atom is -0.376 e. The molecule has 17 heterocycles. The molecule has 21 aliphatic rings. The first-order valence-corrected chi connectivity index (χ1v) is 36.3. The molecule has 17 aliphatic heterocycles. The zero-order valence-corrected chi connectivity index (χ0v) is 52.7. The zero-order chi connectivity index (χ0) is 56.5. The van der Waals surface area contributed by atoms with Crippen molar-refractivity contribution < 1.29 is 9.47 Å². The van der Waals surface area contributed by atoms with Gasteiger partial charge in [-0.15, -0.1) is 0 Å². The van der Waals surface area contributed by atoms with E-state index in [-0.39, 0.29) is 0 Å². The van der Waals surface area contributed by atoms with Crippen LogP contribution in [0.1, 0.15) is 190 Å². The largest absolute Gasteiger partial charge is 0.376 e. The summed E-state index contributed by atoms with van der Waals surface area (Å²) < 4.78 is 11.0. The monoisotopic (exact) mass is 1160 g/mol. The molecule has 20 atom stereocenters. The Labute approximate surface area is 510 Å². The van der Waals surface area contributed by atoms with E-state index < -0.39 is 0 Å². The van der Waals surface area contributed by atoms with E-state index in [4.69, 9.17) is 9.47 Å². The van der Waals surface area contributed by atoms with Gasteiger partial charge in [0.1, 0.15) is 0 Å². The van der Waals surface area contributed by atoms with Gasteiger partial charge in [0.2, 0.25) is 0 Å². The second kappa shape index (κ2) is 32.9. The Bertz CT molecular complexity index is 1640. The first-order chi connectivity index (χ1) is 41.5. The van der Waals surface area contributed by atoms with Crippen LogP contribution in [-0.2, 0) is 9.47 Å². The Balaban J connectivity index is 0.0000000921. The average molecular weight is 1160 g/mol. The Morgan fingerprint density at radius 1 is 0.369 bits per heavy atom. The van der Waals surface area contributed by atoms with Crippen LogP contribution in [-0.4, -0.2) is 194 Å². The summed E-state index contributed by atoms with van der Waals surface area (Å²) >= 11 is 0. The standard InChI is InChI=1S/C11H13N.5C7H13N.C6H12N2.C6H10N2.2C6H11NO/c1-2-4-10-9(3-1)8-5-6-11(10)12-7-8;1-2-7-3-6(1)4-8-5-7;1-2-7-5-6(1)3-4-8-7;1-2-7-3-5-8(4-1)6-7;1-2-6-4-7(3-1)8-5-6;1-2-6-4-5-7(3-1)8-6;3*1-2-6-4-7-3-5(1)8-6;1-2-7-3-4-8-6(1)5-7/h1-4,8,11-12H,5-7H2;2*6-8H,1-5H2;7H,1-6H2;2*6-8H,1-5H2;5-8H,1-4H2;1-2,5-8H,3-4H2;5-7H,1-4H2;6H,1-5H2. The molecule has 0 aromatic heterocycles. The maximum absolute atomic E-state index is 5.53. The van der Waals surface area contributed by atoms with Crippen molar-refractivity contribution in [2.24, 2.45) is 29.6 Å². The predicted molar refractivity (Wildman–Crippen MR) is 345 cm³/mol. The number of hydrogen-bond donors (Lipinski definition) is 10.